The minimum Gasteiger partial charge on any atom is -0.509 e. The highest BCUT2D eigenvalue weighted by molar-refractivity contribution is 6.99. The first kappa shape index (κ1) is 23.1. The third kappa shape index (κ3) is 4.42. The lowest BCUT2D eigenvalue weighted by Crippen LogP contribution is -2.67. The van der Waals surface area contributed by atoms with Crippen LogP contribution in [0.3, 0.4) is 0 Å². The first-order valence-electron chi connectivity index (χ1n) is 10.8. The highest BCUT2D eigenvalue weighted by Crippen LogP contribution is 2.43. The molecule has 5 heteroatoms. The molecule has 0 radical (unpaired) electrons. The van der Waals surface area contributed by atoms with E-state index in [1.54, 1.807) is 13.8 Å². The second kappa shape index (κ2) is 7.86. The van der Waals surface area contributed by atoms with Gasteiger partial charge in [-0.05, 0) is 15.4 Å². The topological polar surface area (TPSA) is 44.8 Å². The standard InChI is InChI=1S/C26H34O4Si/c1-24(2,3)21-22(27)28-26(7,8)29-23(21)30-31(25(4,5)6,19-15-11-9-12-16-19)20-17-13-10-14-18-20/h9-18H,1-8H3. The lowest BCUT2D eigenvalue weighted by Gasteiger charge is -2.46. The predicted molar refractivity (Wildman–Crippen MR) is 126 cm³/mol. The molecule has 0 amide bonds. The van der Waals surface area contributed by atoms with E-state index in [-0.39, 0.29) is 11.0 Å². The summed E-state index contributed by atoms with van der Waals surface area (Å²) in [5, 5.41) is 1.99. The van der Waals surface area contributed by atoms with Crippen molar-refractivity contribution in [2.24, 2.45) is 5.41 Å². The molecule has 4 nitrogen and oxygen atoms in total. The van der Waals surface area contributed by atoms with Crippen molar-refractivity contribution in [1.82, 2.24) is 0 Å². The molecule has 0 saturated heterocycles. The van der Waals surface area contributed by atoms with E-state index in [1.165, 1.54) is 0 Å². The van der Waals surface area contributed by atoms with E-state index in [9.17, 15) is 4.79 Å². The van der Waals surface area contributed by atoms with E-state index in [4.69, 9.17) is 13.9 Å². The van der Waals surface area contributed by atoms with Gasteiger partial charge in [-0.3, -0.25) is 0 Å². The normalized spacial score (nSPS) is 17.1. The van der Waals surface area contributed by atoms with E-state index >= 15 is 0 Å². The fraction of sp³-hybridized carbons (Fsp3) is 0.423. The first-order valence-corrected chi connectivity index (χ1v) is 12.7. The van der Waals surface area contributed by atoms with Crippen molar-refractivity contribution in [2.75, 3.05) is 0 Å². The van der Waals surface area contributed by atoms with E-state index in [1.807, 2.05) is 57.2 Å². The van der Waals surface area contributed by atoms with Gasteiger partial charge in [-0.2, -0.15) is 0 Å². The van der Waals surface area contributed by atoms with Crippen LogP contribution in [-0.4, -0.2) is 20.1 Å². The van der Waals surface area contributed by atoms with Crippen molar-refractivity contribution >= 4 is 24.7 Å². The lowest BCUT2D eigenvalue weighted by atomic mass is 9.86. The molecular weight excluding hydrogens is 404 g/mol. The molecule has 0 spiro atoms. The highest BCUT2D eigenvalue weighted by Gasteiger charge is 2.55. The van der Waals surface area contributed by atoms with Crippen LogP contribution in [0.25, 0.3) is 0 Å². The Morgan fingerprint density at radius 1 is 0.774 bits per heavy atom. The molecule has 0 aliphatic carbocycles. The first-order chi connectivity index (χ1) is 14.3. The molecule has 0 saturated carbocycles. The Balaban J connectivity index is 2.34. The molecule has 2 aromatic carbocycles. The Kier molecular flexibility index (Phi) is 5.87. The van der Waals surface area contributed by atoms with E-state index in [0.29, 0.717) is 5.57 Å². The zero-order chi connectivity index (χ0) is 23.1. The van der Waals surface area contributed by atoms with Crippen molar-refractivity contribution in [1.29, 1.82) is 0 Å². The van der Waals surface area contributed by atoms with Gasteiger partial charge in [0.1, 0.15) is 5.57 Å². The number of hydrogen-bond acceptors (Lipinski definition) is 4. The van der Waals surface area contributed by atoms with Gasteiger partial charge in [0.25, 0.3) is 11.7 Å². The summed E-state index contributed by atoms with van der Waals surface area (Å²) in [6.07, 6.45) is 0. The number of esters is 1. The van der Waals surface area contributed by atoms with E-state index in [0.717, 1.165) is 10.4 Å². The lowest BCUT2D eigenvalue weighted by molar-refractivity contribution is -0.222. The molecule has 0 N–H and O–H groups in total. The summed E-state index contributed by atoms with van der Waals surface area (Å²) in [5.41, 5.74) is -0.0753. The van der Waals surface area contributed by atoms with Gasteiger partial charge in [0.05, 0.1) is 0 Å². The molecule has 0 unspecified atom stereocenters. The van der Waals surface area contributed by atoms with Gasteiger partial charge in [-0.1, -0.05) is 102 Å². The fourth-order valence-corrected chi connectivity index (χ4v) is 8.48. The number of cyclic esters (lactones) is 1. The molecule has 0 atom stereocenters. The van der Waals surface area contributed by atoms with Crippen molar-refractivity contribution in [3.8, 4) is 0 Å². The van der Waals surface area contributed by atoms with E-state index in [2.05, 4.69) is 45.0 Å². The number of hydrogen-bond donors (Lipinski definition) is 0. The van der Waals surface area contributed by atoms with Crippen LogP contribution in [-0.2, 0) is 18.7 Å². The van der Waals surface area contributed by atoms with Crippen molar-refractivity contribution in [3.63, 3.8) is 0 Å². The average molecular weight is 439 g/mol. The third-order valence-electron chi connectivity index (χ3n) is 5.50. The number of carbonyl (C=O) groups excluding carboxylic acids is 1. The Hall–Kier alpha value is -2.53. The smallest absolute Gasteiger partial charge is 0.344 e. The largest absolute Gasteiger partial charge is 0.509 e. The summed E-state index contributed by atoms with van der Waals surface area (Å²) in [5.74, 6) is -1.22. The van der Waals surface area contributed by atoms with E-state index < -0.39 is 25.5 Å². The van der Waals surface area contributed by atoms with Gasteiger partial charge in [0.2, 0.25) is 0 Å². The van der Waals surface area contributed by atoms with Gasteiger partial charge in [0.15, 0.2) is 0 Å². The molecular formula is C26H34O4Si. The summed E-state index contributed by atoms with van der Waals surface area (Å²) >= 11 is 0. The van der Waals surface area contributed by atoms with Gasteiger partial charge >= 0.3 is 14.3 Å². The minimum atomic E-state index is -2.94. The molecule has 3 rings (SSSR count). The van der Waals surface area contributed by atoms with Crippen LogP contribution in [0, 0.1) is 5.41 Å². The van der Waals surface area contributed by atoms with Crippen LogP contribution in [0.4, 0.5) is 0 Å². The average Bonchev–Trinajstić information content (AvgIpc) is 2.64. The molecule has 0 aromatic heterocycles. The number of rotatable bonds is 4. The quantitative estimate of drug-likeness (QED) is 0.490. The monoisotopic (exact) mass is 438 g/mol. The van der Waals surface area contributed by atoms with Crippen LogP contribution in [0.5, 0.6) is 0 Å². The summed E-state index contributed by atoms with van der Waals surface area (Å²) in [7, 11) is -2.94. The molecule has 0 fully saturated rings. The maximum atomic E-state index is 13.1. The van der Waals surface area contributed by atoms with Crippen molar-refractivity contribution in [3.05, 3.63) is 72.2 Å². The zero-order valence-corrected chi connectivity index (χ0v) is 20.9. The number of carbonyl (C=O) groups is 1. The van der Waals surface area contributed by atoms with Gasteiger partial charge in [0, 0.05) is 19.3 Å². The van der Waals surface area contributed by atoms with Crippen molar-refractivity contribution in [2.45, 2.75) is 66.2 Å². The van der Waals surface area contributed by atoms with Gasteiger partial charge in [-0.25, -0.2) is 4.79 Å². The van der Waals surface area contributed by atoms with Crippen LogP contribution in [0.1, 0.15) is 55.4 Å². The molecule has 31 heavy (non-hydrogen) atoms. The van der Waals surface area contributed by atoms with Crippen molar-refractivity contribution < 1.29 is 18.7 Å². The Morgan fingerprint density at radius 2 is 1.23 bits per heavy atom. The number of ether oxygens (including phenoxy) is 2. The zero-order valence-electron chi connectivity index (χ0n) is 19.9. The van der Waals surface area contributed by atoms with Crippen LogP contribution < -0.4 is 10.4 Å². The number of benzene rings is 2. The minimum absolute atomic E-state index is 0.249. The summed E-state index contributed by atoms with van der Waals surface area (Å²) in [4.78, 5) is 13.1. The Bertz CT molecular complexity index is 924. The molecule has 0 bridgehead atoms. The molecule has 1 aliphatic heterocycles. The molecule has 1 heterocycles. The third-order valence-corrected chi connectivity index (χ3v) is 10.4. The second-order valence-corrected chi connectivity index (χ2v) is 14.8. The summed E-state index contributed by atoms with van der Waals surface area (Å²) in [6.45, 7) is 16.0. The second-order valence-electron chi connectivity index (χ2n) is 10.6. The Morgan fingerprint density at radius 3 is 1.61 bits per heavy atom. The summed E-state index contributed by atoms with van der Waals surface area (Å²) < 4.78 is 18.9. The van der Waals surface area contributed by atoms with Gasteiger partial charge in [-0.15, -0.1) is 0 Å². The summed E-state index contributed by atoms with van der Waals surface area (Å²) in [6, 6.07) is 20.6. The molecule has 166 valence electrons. The van der Waals surface area contributed by atoms with Crippen LogP contribution in [0.15, 0.2) is 72.2 Å². The van der Waals surface area contributed by atoms with Crippen LogP contribution in [0.2, 0.25) is 5.04 Å². The maximum Gasteiger partial charge on any atom is 0.344 e. The predicted octanol–water partition coefficient (Wildman–Crippen LogP) is 5.13. The SMILES string of the molecule is CC1(C)OC(=O)C(C(C)(C)C)=C(O[Si](c2ccccc2)(c2ccccc2)C(C)(C)C)O1. The van der Waals surface area contributed by atoms with Crippen LogP contribution >= 0.6 is 0 Å². The fourth-order valence-electron chi connectivity index (χ4n) is 4.13. The molecule has 1 aliphatic rings. The van der Waals surface area contributed by atoms with Gasteiger partial charge < -0.3 is 13.9 Å². The Labute approximate surface area is 187 Å². The highest BCUT2D eigenvalue weighted by atomic mass is 28.4. The maximum absolute atomic E-state index is 13.1. The molecule has 2 aromatic rings.